The Morgan fingerprint density at radius 3 is 2.88 bits per heavy atom. The average molecular weight is 218 g/mol. The molecule has 0 bridgehead atoms. The third-order valence-electron chi connectivity index (χ3n) is 3.21. The van der Waals surface area contributed by atoms with Gasteiger partial charge in [0.25, 0.3) is 0 Å². The number of phenolic OH excluding ortho intramolecular Hbond substituents is 1. The van der Waals surface area contributed by atoms with Gasteiger partial charge in [0.15, 0.2) is 0 Å². The predicted octanol–water partition coefficient (Wildman–Crippen LogP) is 0.831. The Morgan fingerprint density at radius 2 is 2.25 bits per heavy atom. The largest absolute Gasteiger partial charge is 0.507 e. The summed E-state index contributed by atoms with van der Waals surface area (Å²) in [6, 6.07) is 5.18. The third kappa shape index (κ3) is 1.54. The van der Waals surface area contributed by atoms with Crippen LogP contribution in [0.2, 0.25) is 0 Å². The fraction of sp³-hybridized carbons (Fsp3) is 0.417. The van der Waals surface area contributed by atoms with Crippen molar-refractivity contribution in [1.82, 2.24) is 5.32 Å². The molecule has 0 unspecified atom stereocenters. The van der Waals surface area contributed by atoms with Crippen molar-refractivity contribution in [1.29, 1.82) is 5.26 Å². The Hall–Kier alpha value is -1.57. The highest BCUT2D eigenvalue weighted by Crippen LogP contribution is 2.35. The second-order valence-corrected chi connectivity index (χ2v) is 4.02. The molecular formula is C12H14N2O2. The van der Waals surface area contributed by atoms with E-state index in [9.17, 15) is 10.2 Å². The van der Waals surface area contributed by atoms with Gasteiger partial charge in [-0.25, -0.2) is 0 Å². The molecule has 0 radical (unpaired) electrons. The second kappa shape index (κ2) is 4.12. The molecule has 0 aliphatic heterocycles. The Kier molecular flexibility index (Phi) is 2.82. The summed E-state index contributed by atoms with van der Waals surface area (Å²) in [7, 11) is 1.81. The van der Waals surface area contributed by atoms with E-state index in [0.717, 1.165) is 17.5 Å². The van der Waals surface area contributed by atoms with Crippen molar-refractivity contribution in [2.45, 2.75) is 25.0 Å². The quantitative estimate of drug-likeness (QED) is 0.652. The van der Waals surface area contributed by atoms with Gasteiger partial charge < -0.3 is 15.5 Å². The molecular weight excluding hydrogens is 204 g/mol. The predicted molar refractivity (Wildman–Crippen MR) is 59.0 cm³/mol. The lowest BCUT2D eigenvalue weighted by molar-refractivity contribution is 0.119. The molecule has 3 N–H and O–H groups in total. The van der Waals surface area contributed by atoms with Crippen molar-refractivity contribution in [2.24, 2.45) is 0 Å². The Labute approximate surface area is 94.1 Å². The van der Waals surface area contributed by atoms with Crippen molar-refractivity contribution < 1.29 is 10.2 Å². The maximum atomic E-state index is 10.1. The number of hydrogen-bond donors (Lipinski definition) is 3. The SMILES string of the molecule is CN[C@@H]1CCc2c(ccc(O)c2C#N)[C@H]1O. The minimum absolute atomic E-state index is 0.00337. The number of aliphatic hydroxyl groups is 1. The lowest BCUT2D eigenvalue weighted by Crippen LogP contribution is -2.36. The Bertz CT molecular complexity index is 451. The van der Waals surface area contributed by atoms with E-state index in [-0.39, 0.29) is 11.8 Å². The van der Waals surface area contributed by atoms with Crippen LogP contribution in [0, 0.1) is 11.3 Å². The topological polar surface area (TPSA) is 76.3 Å². The van der Waals surface area contributed by atoms with Crippen LogP contribution in [0.4, 0.5) is 0 Å². The molecule has 1 aliphatic carbocycles. The van der Waals surface area contributed by atoms with Crippen LogP contribution in [0.5, 0.6) is 5.75 Å². The van der Waals surface area contributed by atoms with Gasteiger partial charge in [-0.3, -0.25) is 0 Å². The lowest BCUT2D eigenvalue weighted by atomic mass is 9.83. The number of nitriles is 1. The summed E-state index contributed by atoms with van der Waals surface area (Å²) in [5.41, 5.74) is 1.83. The summed E-state index contributed by atoms with van der Waals surface area (Å²) in [5, 5.41) is 31.7. The summed E-state index contributed by atoms with van der Waals surface area (Å²) in [6.07, 6.45) is 0.860. The highest BCUT2D eigenvalue weighted by molar-refractivity contribution is 5.53. The molecule has 1 aromatic rings. The molecule has 1 aliphatic rings. The van der Waals surface area contributed by atoms with Gasteiger partial charge in [-0.05, 0) is 37.1 Å². The first-order chi connectivity index (χ1) is 7.69. The van der Waals surface area contributed by atoms with Gasteiger partial charge in [0.2, 0.25) is 0 Å². The average Bonchev–Trinajstić information content (AvgIpc) is 2.29. The molecule has 4 nitrogen and oxygen atoms in total. The number of hydrogen-bond acceptors (Lipinski definition) is 4. The summed E-state index contributed by atoms with van der Waals surface area (Å²) >= 11 is 0. The third-order valence-corrected chi connectivity index (χ3v) is 3.21. The van der Waals surface area contributed by atoms with E-state index >= 15 is 0 Å². The summed E-state index contributed by atoms with van der Waals surface area (Å²) in [5.74, 6) is -0.00337. The zero-order chi connectivity index (χ0) is 11.7. The number of likely N-dealkylation sites (N-methyl/N-ethyl adjacent to an activating group) is 1. The molecule has 16 heavy (non-hydrogen) atoms. The van der Waals surface area contributed by atoms with Crippen LogP contribution in [0.3, 0.4) is 0 Å². The molecule has 0 spiro atoms. The van der Waals surface area contributed by atoms with Crippen molar-refractivity contribution in [3.05, 3.63) is 28.8 Å². The zero-order valence-corrected chi connectivity index (χ0v) is 9.07. The van der Waals surface area contributed by atoms with Gasteiger partial charge in [0, 0.05) is 6.04 Å². The highest BCUT2D eigenvalue weighted by Gasteiger charge is 2.29. The number of aliphatic hydroxyl groups excluding tert-OH is 1. The lowest BCUT2D eigenvalue weighted by Gasteiger charge is -2.30. The normalized spacial score (nSPS) is 23.6. The van der Waals surface area contributed by atoms with Crippen molar-refractivity contribution >= 4 is 0 Å². The minimum Gasteiger partial charge on any atom is -0.507 e. The van der Waals surface area contributed by atoms with Gasteiger partial charge in [0.05, 0.1) is 11.7 Å². The molecule has 4 heteroatoms. The maximum Gasteiger partial charge on any atom is 0.133 e. The zero-order valence-electron chi connectivity index (χ0n) is 9.07. The van der Waals surface area contributed by atoms with E-state index in [1.54, 1.807) is 6.07 Å². The highest BCUT2D eigenvalue weighted by atomic mass is 16.3. The van der Waals surface area contributed by atoms with Crippen LogP contribution in [-0.4, -0.2) is 23.3 Å². The first-order valence-electron chi connectivity index (χ1n) is 5.29. The van der Waals surface area contributed by atoms with E-state index < -0.39 is 6.10 Å². The van der Waals surface area contributed by atoms with E-state index in [1.807, 2.05) is 13.1 Å². The van der Waals surface area contributed by atoms with Crippen molar-refractivity contribution in [3.8, 4) is 11.8 Å². The number of phenols is 1. The van der Waals surface area contributed by atoms with Gasteiger partial charge in [-0.15, -0.1) is 0 Å². The fourth-order valence-corrected chi connectivity index (χ4v) is 2.30. The van der Waals surface area contributed by atoms with E-state index in [4.69, 9.17) is 5.26 Å². The molecule has 2 rings (SSSR count). The van der Waals surface area contributed by atoms with E-state index in [0.29, 0.717) is 12.0 Å². The molecule has 0 aromatic heterocycles. The molecule has 2 atom stereocenters. The van der Waals surface area contributed by atoms with Gasteiger partial charge in [-0.2, -0.15) is 5.26 Å². The second-order valence-electron chi connectivity index (χ2n) is 4.02. The number of fused-ring (bicyclic) bond motifs is 1. The summed E-state index contributed by atoms with van der Waals surface area (Å²) < 4.78 is 0. The number of aromatic hydroxyl groups is 1. The van der Waals surface area contributed by atoms with Crippen LogP contribution in [0.25, 0.3) is 0 Å². The molecule has 0 heterocycles. The number of nitrogens with one attached hydrogen (secondary N) is 1. The number of rotatable bonds is 1. The van der Waals surface area contributed by atoms with E-state index in [2.05, 4.69) is 5.32 Å². The Morgan fingerprint density at radius 1 is 1.50 bits per heavy atom. The van der Waals surface area contributed by atoms with Crippen LogP contribution < -0.4 is 5.32 Å². The van der Waals surface area contributed by atoms with Gasteiger partial charge in [-0.1, -0.05) is 6.07 Å². The monoisotopic (exact) mass is 218 g/mol. The number of benzene rings is 1. The molecule has 0 amide bonds. The molecule has 0 saturated heterocycles. The molecule has 1 aromatic carbocycles. The number of nitrogens with zero attached hydrogens (tertiary/aromatic N) is 1. The smallest absolute Gasteiger partial charge is 0.133 e. The van der Waals surface area contributed by atoms with Crippen molar-refractivity contribution in [2.75, 3.05) is 7.05 Å². The van der Waals surface area contributed by atoms with Gasteiger partial charge >= 0.3 is 0 Å². The standard InChI is InChI=1S/C12H14N2O2/c1-14-10-4-2-7-8(12(10)16)3-5-11(15)9(7)6-13/h3,5,10,12,14-16H,2,4H2,1H3/t10-,12-/m1/s1. The van der Waals surface area contributed by atoms with Crippen molar-refractivity contribution in [3.63, 3.8) is 0 Å². The minimum atomic E-state index is -0.610. The van der Waals surface area contributed by atoms with Gasteiger partial charge in [0.1, 0.15) is 11.8 Å². The fourth-order valence-electron chi connectivity index (χ4n) is 2.30. The van der Waals surface area contributed by atoms with Crippen LogP contribution in [0.15, 0.2) is 12.1 Å². The molecule has 0 saturated carbocycles. The summed E-state index contributed by atoms with van der Waals surface area (Å²) in [4.78, 5) is 0. The maximum absolute atomic E-state index is 10.1. The van der Waals surface area contributed by atoms with Crippen LogP contribution >= 0.6 is 0 Å². The first kappa shape index (κ1) is 10.9. The summed E-state index contributed by atoms with van der Waals surface area (Å²) in [6.45, 7) is 0. The molecule has 0 fully saturated rings. The van der Waals surface area contributed by atoms with E-state index in [1.165, 1.54) is 6.07 Å². The molecule has 84 valence electrons. The van der Waals surface area contributed by atoms with Crippen LogP contribution in [-0.2, 0) is 6.42 Å². The first-order valence-corrected chi connectivity index (χ1v) is 5.29. The van der Waals surface area contributed by atoms with Crippen LogP contribution in [0.1, 0.15) is 29.2 Å². The Balaban J connectivity index is 2.52.